The molecule has 0 unspecified atom stereocenters. The summed E-state index contributed by atoms with van der Waals surface area (Å²) in [6.45, 7) is 1.66. The van der Waals surface area contributed by atoms with Crippen LogP contribution in [0, 0.1) is 18.6 Å². The fourth-order valence-corrected chi connectivity index (χ4v) is 3.13. The number of rotatable bonds is 3. The second-order valence-corrected chi connectivity index (χ2v) is 6.90. The first kappa shape index (κ1) is 15.7. The molecular formula is C13H11BrF2N2O2S. The third-order valence-electron chi connectivity index (χ3n) is 2.71. The molecule has 8 heteroatoms. The zero-order chi connectivity index (χ0) is 15.8. The molecule has 0 amide bonds. The number of hydrogen-bond acceptors (Lipinski definition) is 3. The SMILES string of the molecule is Cc1ccc(NS(=O)(=O)c2cc(N)c(Br)cc2F)c(F)c1. The van der Waals surface area contributed by atoms with Crippen molar-refractivity contribution in [3.63, 3.8) is 0 Å². The van der Waals surface area contributed by atoms with Crippen molar-refractivity contribution in [2.75, 3.05) is 10.5 Å². The highest BCUT2D eigenvalue weighted by Gasteiger charge is 2.22. The Morgan fingerprint density at radius 2 is 1.81 bits per heavy atom. The van der Waals surface area contributed by atoms with E-state index in [9.17, 15) is 17.2 Å². The summed E-state index contributed by atoms with van der Waals surface area (Å²) in [7, 11) is -4.28. The van der Waals surface area contributed by atoms with Crippen molar-refractivity contribution in [1.29, 1.82) is 0 Å². The molecule has 2 aromatic rings. The zero-order valence-electron chi connectivity index (χ0n) is 10.8. The fourth-order valence-electron chi connectivity index (χ4n) is 1.65. The summed E-state index contributed by atoms with van der Waals surface area (Å²) in [5, 5.41) is 0. The average Bonchev–Trinajstić information content (AvgIpc) is 2.37. The second-order valence-electron chi connectivity index (χ2n) is 4.39. The van der Waals surface area contributed by atoms with Gasteiger partial charge in [-0.3, -0.25) is 4.72 Å². The molecule has 0 aliphatic rings. The zero-order valence-corrected chi connectivity index (χ0v) is 13.2. The summed E-state index contributed by atoms with van der Waals surface area (Å²) in [6.07, 6.45) is 0. The van der Waals surface area contributed by atoms with E-state index in [1.54, 1.807) is 6.92 Å². The summed E-state index contributed by atoms with van der Waals surface area (Å²) < 4.78 is 54.0. The van der Waals surface area contributed by atoms with E-state index in [0.717, 1.165) is 12.1 Å². The van der Waals surface area contributed by atoms with E-state index in [4.69, 9.17) is 5.73 Å². The monoisotopic (exact) mass is 376 g/mol. The molecule has 3 N–H and O–H groups in total. The summed E-state index contributed by atoms with van der Waals surface area (Å²) in [5.74, 6) is -1.74. The first-order valence-electron chi connectivity index (χ1n) is 5.74. The first-order chi connectivity index (χ1) is 9.70. The Kier molecular flexibility index (Phi) is 4.20. The molecule has 2 aromatic carbocycles. The van der Waals surface area contributed by atoms with Crippen LogP contribution in [0.25, 0.3) is 0 Å². The lowest BCUT2D eigenvalue weighted by molar-refractivity contribution is 0.569. The molecule has 4 nitrogen and oxygen atoms in total. The second kappa shape index (κ2) is 5.61. The first-order valence-corrected chi connectivity index (χ1v) is 8.02. The van der Waals surface area contributed by atoms with Crippen molar-refractivity contribution in [1.82, 2.24) is 0 Å². The van der Waals surface area contributed by atoms with Gasteiger partial charge in [0.15, 0.2) is 0 Å². The summed E-state index contributed by atoms with van der Waals surface area (Å²) in [4.78, 5) is -0.650. The van der Waals surface area contributed by atoms with Crippen molar-refractivity contribution in [2.24, 2.45) is 0 Å². The molecule has 0 saturated heterocycles. The molecule has 0 radical (unpaired) electrons. The van der Waals surface area contributed by atoms with Crippen LogP contribution in [0.5, 0.6) is 0 Å². The van der Waals surface area contributed by atoms with Crippen LogP contribution in [0.2, 0.25) is 0 Å². The van der Waals surface area contributed by atoms with Crippen molar-refractivity contribution < 1.29 is 17.2 Å². The third kappa shape index (κ3) is 3.33. The Morgan fingerprint density at radius 1 is 1.14 bits per heavy atom. The Labute approximate surface area is 129 Å². The molecule has 0 heterocycles. The number of halogens is 3. The molecule has 0 bridgehead atoms. The molecular weight excluding hydrogens is 366 g/mol. The van der Waals surface area contributed by atoms with Gasteiger partial charge in [-0.25, -0.2) is 17.2 Å². The standard InChI is InChI=1S/C13H11BrF2N2O2S/c1-7-2-3-12(9(15)4-7)18-21(19,20)13-6-11(17)8(14)5-10(13)16/h2-6,18H,17H2,1H3. The van der Waals surface area contributed by atoms with Crippen LogP contribution in [0.15, 0.2) is 39.7 Å². The van der Waals surface area contributed by atoms with Gasteiger partial charge in [0, 0.05) is 10.2 Å². The quantitative estimate of drug-likeness (QED) is 0.806. The number of hydrogen-bond donors (Lipinski definition) is 2. The van der Waals surface area contributed by atoms with E-state index in [1.807, 2.05) is 4.72 Å². The van der Waals surface area contributed by atoms with Gasteiger partial charge in [-0.1, -0.05) is 6.07 Å². The highest BCUT2D eigenvalue weighted by molar-refractivity contribution is 9.10. The largest absolute Gasteiger partial charge is 0.398 e. The Bertz CT molecular complexity index is 810. The number of nitrogens with one attached hydrogen (secondary N) is 1. The molecule has 0 saturated carbocycles. The van der Waals surface area contributed by atoms with E-state index in [2.05, 4.69) is 15.9 Å². The summed E-state index contributed by atoms with van der Waals surface area (Å²) in [6, 6.07) is 5.88. The predicted molar refractivity (Wildman–Crippen MR) is 80.5 cm³/mol. The van der Waals surface area contributed by atoms with Gasteiger partial charge < -0.3 is 5.73 Å². The maximum atomic E-state index is 13.8. The van der Waals surface area contributed by atoms with Gasteiger partial charge in [-0.05, 0) is 52.7 Å². The van der Waals surface area contributed by atoms with Gasteiger partial charge in [0.2, 0.25) is 0 Å². The molecule has 21 heavy (non-hydrogen) atoms. The Hall–Kier alpha value is -1.67. The van der Waals surface area contributed by atoms with Crippen molar-refractivity contribution in [3.8, 4) is 0 Å². The molecule has 0 aliphatic carbocycles. The highest BCUT2D eigenvalue weighted by Crippen LogP contribution is 2.28. The lowest BCUT2D eigenvalue weighted by Crippen LogP contribution is -2.16. The minimum atomic E-state index is -4.28. The number of nitrogen functional groups attached to an aromatic ring is 1. The number of benzene rings is 2. The Morgan fingerprint density at radius 3 is 2.43 bits per heavy atom. The molecule has 0 aliphatic heterocycles. The van der Waals surface area contributed by atoms with Crippen LogP contribution < -0.4 is 10.5 Å². The van der Waals surface area contributed by atoms with Crippen molar-refractivity contribution >= 4 is 37.3 Å². The maximum absolute atomic E-state index is 13.8. The smallest absolute Gasteiger partial charge is 0.264 e. The van der Waals surface area contributed by atoms with Crippen molar-refractivity contribution in [3.05, 3.63) is 52.0 Å². The van der Waals surface area contributed by atoms with Crippen LogP contribution in [-0.2, 0) is 10.0 Å². The molecule has 0 spiro atoms. The Balaban J connectivity index is 2.46. The van der Waals surface area contributed by atoms with Crippen LogP contribution in [-0.4, -0.2) is 8.42 Å². The minimum absolute atomic E-state index is 0.0566. The number of anilines is 2. The maximum Gasteiger partial charge on any atom is 0.264 e. The van der Waals surface area contributed by atoms with Gasteiger partial charge in [-0.2, -0.15) is 0 Å². The van der Waals surface area contributed by atoms with E-state index < -0.39 is 26.6 Å². The molecule has 0 aromatic heterocycles. The molecule has 112 valence electrons. The van der Waals surface area contributed by atoms with Gasteiger partial charge in [0.05, 0.1) is 5.69 Å². The van der Waals surface area contributed by atoms with Gasteiger partial charge in [-0.15, -0.1) is 0 Å². The van der Waals surface area contributed by atoms with Crippen LogP contribution >= 0.6 is 15.9 Å². The number of aryl methyl sites for hydroxylation is 1. The fraction of sp³-hybridized carbons (Fsp3) is 0.0769. The van der Waals surface area contributed by atoms with Gasteiger partial charge >= 0.3 is 0 Å². The van der Waals surface area contributed by atoms with E-state index in [1.165, 1.54) is 18.2 Å². The minimum Gasteiger partial charge on any atom is -0.398 e. The lowest BCUT2D eigenvalue weighted by Gasteiger charge is -2.11. The highest BCUT2D eigenvalue weighted by atomic mass is 79.9. The summed E-state index contributed by atoms with van der Waals surface area (Å²) >= 11 is 2.99. The van der Waals surface area contributed by atoms with Crippen LogP contribution in [0.1, 0.15) is 5.56 Å². The lowest BCUT2D eigenvalue weighted by atomic mass is 10.2. The predicted octanol–water partition coefficient (Wildman–Crippen LogP) is 3.42. The van der Waals surface area contributed by atoms with E-state index in [0.29, 0.717) is 5.56 Å². The van der Waals surface area contributed by atoms with Gasteiger partial charge in [0.1, 0.15) is 16.5 Å². The number of nitrogens with two attached hydrogens (primary N) is 1. The molecule has 2 rings (SSSR count). The van der Waals surface area contributed by atoms with Crippen molar-refractivity contribution in [2.45, 2.75) is 11.8 Å². The van der Waals surface area contributed by atoms with Crippen LogP contribution in [0.3, 0.4) is 0 Å². The average molecular weight is 377 g/mol. The van der Waals surface area contributed by atoms with Gasteiger partial charge in [0.25, 0.3) is 10.0 Å². The molecule has 0 fully saturated rings. The van der Waals surface area contributed by atoms with E-state index in [-0.39, 0.29) is 15.8 Å². The van der Waals surface area contributed by atoms with E-state index >= 15 is 0 Å². The normalized spacial score (nSPS) is 11.4. The van der Waals surface area contributed by atoms with Crippen LogP contribution in [0.4, 0.5) is 20.2 Å². The third-order valence-corrected chi connectivity index (χ3v) is 4.78. The topological polar surface area (TPSA) is 72.2 Å². The molecule has 0 atom stereocenters. The number of sulfonamides is 1. The summed E-state index contributed by atoms with van der Waals surface area (Å²) in [5.41, 5.74) is 5.98.